The molecule has 0 spiro atoms. The van der Waals surface area contributed by atoms with Crippen LogP contribution in [0.15, 0.2) is 0 Å². The van der Waals surface area contributed by atoms with Crippen molar-refractivity contribution < 1.29 is 5.11 Å². The highest BCUT2D eigenvalue weighted by Crippen LogP contribution is 2.22. The van der Waals surface area contributed by atoms with Crippen molar-refractivity contribution in [3.05, 3.63) is 0 Å². The predicted octanol–water partition coefficient (Wildman–Crippen LogP) is 3.93. The summed E-state index contributed by atoms with van der Waals surface area (Å²) in [5.41, 5.74) is -0.00255. The van der Waals surface area contributed by atoms with E-state index in [0.717, 1.165) is 19.5 Å². The Morgan fingerprint density at radius 2 is 1.56 bits per heavy atom. The Labute approximate surface area is 115 Å². The molecule has 0 heterocycles. The third kappa shape index (κ3) is 6.75. The number of nitrogens with zero attached hydrogens (tertiary/aromatic N) is 1. The Hall–Kier alpha value is -0.0800. The van der Waals surface area contributed by atoms with Gasteiger partial charge in [-0.1, -0.05) is 48.5 Å². The summed E-state index contributed by atoms with van der Waals surface area (Å²) >= 11 is 0. The molecule has 0 fully saturated rings. The van der Waals surface area contributed by atoms with E-state index in [1.807, 2.05) is 0 Å². The molecule has 0 aliphatic carbocycles. The average molecular weight is 257 g/mol. The normalized spacial score (nSPS) is 14.8. The first-order chi connectivity index (χ1) is 8.22. The molecule has 0 bridgehead atoms. The molecule has 18 heavy (non-hydrogen) atoms. The maximum atomic E-state index is 10.2. The molecule has 2 nitrogen and oxygen atoms in total. The van der Waals surface area contributed by atoms with E-state index in [2.05, 4.69) is 53.4 Å². The second kappa shape index (κ2) is 8.16. The van der Waals surface area contributed by atoms with Gasteiger partial charge < -0.3 is 10.0 Å². The number of hydrogen-bond acceptors (Lipinski definition) is 2. The van der Waals surface area contributed by atoms with Crippen LogP contribution in [0.1, 0.15) is 67.7 Å². The second-order valence-corrected chi connectivity index (χ2v) is 7.03. The molecule has 2 heteroatoms. The minimum absolute atomic E-state index is 0.00255. The first-order valence-electron chi connectivity index (χ1n) is 7.64. The fraction of sp³-hybridized carbons (Fsp3) is 1.00. The zero-order valence-corrected chi connectivity index (χ0v) is 13.7. The summed E-state index contributed by atoms with van der Waals surface area (Å²) in [5, 5.41) is 10.2. The van der Waals surface area contributed by atoms with Gasteiger partial charge in [0.05, 0.1) is 6.10 Å². The summed E-state index contributed by atoms with van der Waals surface area (Å²) in [6, 6.07) is 0.666. The standard InChI is InChI=1S/C16H35NO/c1-8-14(9-2)17(12-13(3)4)11-10-15(18)16(5,6)7/h13-15,18H,8-12H2,1-7H3. The van der Waals surface area contributed by atoms with E-state index in [4.69, 9.17) is 0 Å². The Kier molecular flexibility index (Phi) is 8.13. The van der Waals surface area contributed by atoms with E-state index in [1.54, 1.807) is 0 Å². The second-order valence-electron chi connectivity index (χ2n) is 7.03. The lowest BCUT2D eigenvalue weighted by molar-refractivity contribution is 0.0377. The lowest BCUT2D eigenvalue weighted by Gasteiger charge is -2.34. The van der Waals surface area contributed by atoms with E-state index >= 15 is 0 Å². The van der Waals surface area contributed by atoms with Crippen molar-refractivity contribution in [2.24, 2.45) is 11.3 Å². The zero-order valence-electron chi connectivity index (χ0n) is 13.7. The molecule has 1 N–H and O–H groups in total. The van der Waals surface area contributed by atoms with Crippen molar-refractivity contribution in [1.29, 1.82) is 0 Å². The van der Waals surface area contributed by atoms with E-state index < -0.39 is 0 Å². The van der Waals surface area contributed by atoms with Crippen molar-refractivity contribution >= 4 is 0 Å². The van der Waals surface area contributed by atoms with Gasteiger partial charge in [0.25, 0.3) is 0 Å². The predicted molar refractivity (Wildman–Crippen MR) is 80.9 cm³/mol. The van der Waals surface area contributed by atoms with Crippen molar-refractivity contribution in [2.75, 3.05) is 13.1 Å². The van der Waals surface area contributed by atoms with Crippen molar-refractivity contribution in [2.45, 2.75) is 79.9 Å². The fourth-order valence-electron chi connectivity index (χ4n) is 2.42. The van der Waals surface area contributed by atoms with Crippen LogP contribution >= 0.6 is 0 Å². The van der Waals surface area contributed by atoms with Crippen LogP contribution in [0, 0.1) is 11.3 Å². The van der Waals surface area contributed by atoms with Crippen LogP contribution in [0.3, 0.4) is 0 Å². The molecule has 0 aromatic rings. The monoisotopic (exact) mass is 257 g/mol. The van der Waals surface area contributed by atoms with E-state index in [9.17, 15) is 5.11 Å². The summed E-state index contributed by atoms with van der Waals surface area (Å²) in [5.74, 6) is 0.692. The van der Waals surface area contributed by atoms with E-state index in [-0.39, 0.29) is 11.5 Å². The highest BCUT2D eigenvalue weighted by atomic mass is 16.3. The lowest BCUT2D eigenvalue weighted by Crippen LogP contribution is -2.40. The minimum Gasteiger partial charge on any atom is -0.393 e. The summed E-state index contributed by atoms with van der Waals surface area (Å²) < 4.78 is 0. The Morgan fingerprint density at radius 3 is 1.89 bits per heavy atom. The minimum atomic E-state index is -0.207. The summed E-state index contributed by atoms with van der Waals surface area (Å²) in [4.78, 5) is 2.57. The molecule has 0 radical (unpaired) electrons. The molecule has 0 saturated carbocycles. The zero-order chi connectivity index (χ0) is 14.3. The highest BCUT2D eigenvalue weighted by molar-refractivity contribution is 4.77. The van der Waals surface area contributed by atoms with Crippen LogP contribution in [0.5, 0.6) is 0 Å². The van der Waals surface area contributed by atoms with Gasteiger partial charge in [-0.25, -0.2) is 0 Å². The van der Waals surface area contributed by atoms with Gasteiger partial charge in [0, 0.05) is 19.1 Å². The van der Waals surface area contributed by atoms with Crippen LogP contribution in [0.4, 0.5) is 0 Å². The Balaban J connectivity index is 4.41. The largest absolute Gasteiger partial charge is 0.393 e. The smallest absolute Gasteiger partial charge is 0.0600 e. The molecular weight excluding hydrogens is 222 g/mol. The summed E-state index contributed by atoms with van der Waals surface area (Å²) in [6.07, 6.45) is 3.08. The van der Waals surface area contributed by atoms with Crippen LogP contribution < -0.4 is 0 Å². The average Bonchev–Trinajstić information content (AvgIpc) is 2.24. The molecular formula is C16H35NO. The van der Waals surface area contributed by atoms with Crippen LogP contribution in [-0.2, 0) is 0 Å². The number of rotatable bonds is 8. The summed E-state index contributed by atoms with van der Waals surface area (Å²) in [7, 11) is 0. The van der Waals surface area contributed by atoms with Gasteiger partial charge >= 0.3 is 0 Å². The Bertz CT molecular complexity index is 204. The van der Waals surface area contributed by atoms with Crippen LogP contribution in [0.2, 0.25) is 0 Å². The van der Waals surface area contributed by atoms with E-state index in [0.29, 0.717) is 12.0 Å². The van der Waals surface area contributed by atoms with Gasteiger partial charge in [0.1, 0.15) is 0 Å². The Morgan fingerprint density at radius 1 is 1.06 bits per heavy atom. The molecule has 0 aliphatic heterocycles. The molecule has 0 aromatic heterocycles. The molecule has 0 rings (SSSR count). The van der Waals surface area contributed by atoms with Crippen LogP contribution in [-0.4, -0.2) is 35.2 Å². The SMILES string of the molecule is CCC(CC)N(CCC(O)C(C)(C)C)CC(C)C. The molecule has 110 valence electrons. The number of hydrogen-bond donors (Lipinski definition) is 1. The van der Waals surface area contributed by atoms with Crippen molar-refractivity contribution in [3.63, 3.8) is 0 Å². The third-order valence-electron chi connectivity index (χ3n) is 3.75. The summed E-state index contributed by atoms with van der Waals surface area (Å²) in [6.45, 7) is 17.6. The van der Waals surface area contributed by atoms with Crippen LogP contribution in [0.25, 0.3) is 0 Å². The molecule has 0 amide bonds. The van der Waals surface area contributed by atoms with Crippen molar-refractivity contribution in [1.82, 2.24) is 4.90 Å². The van der Waals surface area contributed by atoms with Crippen molar-refractivity contribution in [3.8, 4) is 0 Å². The van der Waals surface area contributed by atoms with E-state index in [1.165, 1.54) is 12.8 Å². The first kappa shape index (κ1) is 17.9. The molecule has 0 saturated heterocycles. The van der Waals surface area contributed by atoms with Gasteiger partial charge in [-0.05, 0) is 30.6 Å². The number of aliphatic hydroxyl groups excluding tert-OH is 1. The maximum absolute atomic E-state index is 10.2. The third-order valence-corrected chi connectivity index (χ3v) is 3.75. The lowest BCUT2D eigenvalue weighted by atomic mass is 9.87. The van der Waals surface area contributed by atoms with Gasteiger partial charge in [-0.15, -0.1) is 0 Å². The molecule has 1 unspecified atom stereocenters. The first-order valence-corrected chi connectivity index (χ1v) is 7.64. The molecule has 0 aliphatic rings. The van der Waals surface area contributed by atoms with Gasteiger partial charge in [0.2, 0.25) is 0 Å². The van der Waals surface area contributed by atoms with Gasteiger partial charge in [0.15, 0.2) is 0 Å². The number of aliphatic hydroxyl groups is 1. The van der Waals surface area contributed by atoms with Gasteiger partial charge in [-0.3, -0.25) is 0 Å². The quantitative estimate of drug-likeness (QED) is 0.712. The highest BCUT2D eigenvalue weighted by Gasteiger charge is 2.24. The maximum Gasteiger partial charge on any atom is 0.0600 e. The molecule has 0 aromatic carbocycles. The fourth-order valence-corrected chi connectivity index (χ4v) is 2.42. The van der Waals surface area contributed by atoms with Gasteiger partial charge in [-0.2, -0.15) is 0 Å². The topological polar surface area (TPSA) is 23.5 Å². The molecule has 1 atom stereocenters.